The molecule has 0 fully saturated rings. The third-order valence-corrected chi connectivity index (χ3v) is 1.39. The van der Waals surface area contributed by atoms with Crippen LogP contribution in [0.3, 0.4) is 0 Å². The highest BCUT2D eigenvalue weighted by Crippen LogP contribution is 2.01. The van der Waals surface area contributed by atoms with Gasteiger partial charge in [0.1, 0.15) is 0 Å². The lowest BCUT2D eigenvalue weighted by Gasteiger charge is -2.02. The average molecular weight is 292 g/mol. The Morgan fingerprint density at radius 2 is 1.55 bits per heavy atom. The number of hydrogen-bond donors (Lipinski definition) is 2. The molecule has 0 aromatic carbocycles. The van der Waals surface area contributed by atoms with E-state index in [-0.39, 0.29) is 40.1 Å². The Hall–Kier alpha value is 0.880. The van der Waals surface area contributed by atoms with E-state index in [0.29, 0.717) is 0 Å². The van der Waals surface area contributed by atoms with Crippen molar-refractivity contribution in [2.24, 2.45) is 11.5 Å². The van der Waals surface area contributed by atoms with Gasteiger partial charge < -0.3 is 11.5 Å². The summed E-state index contributed by atoms with van der Waals surface area (Å²) in [7, 11) is 0. The van der Waals surface area contributed by atoms with E-state index in [1.165, 1.54) is 25.7 Å². The van der Waals surface area contributed by atoms with Gasteiger partial charge in [-0.05, 0) is 6.42 Å². The predicted octanol–water partition coefficient (Wildman–Crippen LogP) is 2.36. The van der Waals surface area contributed by atoms with Gasteiger partial charge in [-0.25, -0.2) is 0 Å². The van der Waals surface area contributed by atoms with E-state index in [4.69, 9.17) is 11.5 Å². The molecule has 0 saturated carbocycles. The maximum Gasteiger partial charge on any atom is 0.0520 e. The van der Waals surface area contributed by atoms with Gasteiger partial charge in [-0.3, -0.25) is 0 Å². The lowest BCUT2D eigenvalue weighted by Crippen LogP contribution is -2.29. The third-order valence-electron chi connectivity index (χ3n) is 1.39. The smallest absolute Gasteiger partial charge is 0.0520 e. The molecule has 0 unspecified atom stereocenters. The maximum absolute atomic E-state index is 5.35. The lowest BCUT2D eigenvalue weighted by molar-refractivity contribution is 0.561. The molecule has 0 radical (unpaired) electrons. The topological polar surface area (TPSA) is 52.0 Å². The molecule has 72 valence electrons. The van der Waals surface area contributed by atoms with E-state index in [0.717, 1.165) is 6.42 Å². The molecule has 0 atom stereocenters. The summed E-state index contributed by atoms with van der Waals surface area (Å²) < 4.78 is 0. The van der Waals surface area contributed by atoms with Crippen molar-refractivity contribution in [2.45, 2.75) is 45.2 Å². The van der Waals surface area contributed by atoms with E-state index < -0.39 is 0 Å². The first kappa shape index (κ1) is 17.8. The van der Waals surface area contributed by atoms with E-state index in [9.17, 15) is 0 Å². The van der Waals surface area contributed by atoms with Crippen molar-refractivity contribution >= 4 is 34.0 Å². The molecule has 0 aromatic heterocycles. The summed E-state index contributed by atoms with van der Waals surface area (Å²) in [6, 6.07) is 0. The van der Waals surface area contributed by atoms with Gasteiger partial charge in [0, 0.05) is 0 Å². The summed E-state index contributed by atoms with van der Waals surface area (Å²) in [5.41, 5.74) is 10.7. The Morgan fingerprint density at radius 1 is 1.00 bits per heavy atom. The number of rotatable bonds is 5. The minimum atomic E-state index is -0.0955. The summed E-state index contributed by atoms with van der Waals surface area (Å²) in [6.07, 6.45) is 5.93. The van der Waals surface area contributed by atoms with E-state index in [1.807, 2.05) is 0 Å². The molecule has 0 heterocycles. The molecule has 0 aliphatic carbocycles. The Morgan fingerprint density at radius 3 is 1.91 bits per heavy atom. The second-order valence-electron chi connectivity index (χ2n) is 2.51. The van der Waals surface area contributed by atoms with Crippen LogP contribution >= 0.6 is 34.0 Å². The van der Waals surface area contributed by atoms with Crippen LogP contribution in [-0.4, -0.2) is 6.17 Å². The van der Waals surface area contributed by atoms with Crippen LogP contribution < -0.4 is 11.5 Å². The number of hydrogen-bond acceptors (Lipinski definition) is 2. The molecule has 0 aliphatic rings. The van der Waals surface area contributed by atoms with Crippen LogP contribution in [0.25, 0.3) is 0 Å². The Bertz CT molecular complexity index is 60.4. The van der Waals surface area contributed by atoms with Gasteiger partial charge in [-0.15, -0.1) is 34.0 Å². The molecule has 0 aliphatic heterocycles. The molecule has 4 heteroatoms. The fraction of sp³-hybridized carbons (Fsp3) is 1.00. The van der Waals surface area contributed by atoms with Gasteiger partial charge >= 0.3 is 0 Å². The third kappa shape index (κ3) is 18.1. The second kappa shape index (κ2) is 13.5. The quantitative estimate of drug-likeness (QED) is 0.603. The average Bonchev–Trinajstić information content (AvgIpc) is 1.80. The predicted molar refractivity (Wildman–Crippen MR) is 61.6 cm³/mol. The molecule has 0 spiro atoms. The van der Waals surface area contributed by atoms with Gasteiger partial charge in [-0.1, -0.05) is 32.6 Å². The number of halogens is 2. The molecule has 0 bridgehead atoms. The lowest BCUT2D eigenvalue weighted by atomic mass is 10.1. The highest BCUT2D eigenvalue weighted by atomic mass is 79.9. The van der Waals surface area contributed by atoms with Crippen LogP contribution in [0.15, 0.2) is 0 Å². The summed E-state index contributed by atoms with van der Waals surface area (Å²) >= 11 is 0. The Balaban J connectivity index is -0.000000320. The zero-order chi connectivity index (χ0) is 7.11. The molecule has 0 amide bonds. The summed E-state index contributed by atoms with van der Waals surface area (Å²) in [5.74, 6) is 0. The normalized spacial score (nSPS) is 8.73. The standard InChI is InChI=1S/C7H18N2.2BrH/c1-2-3-4-5-6-7(8)9;;/h7H,2-6,8-9H2,1H3;2*1H. The first-order chi connectivity index (χ1) is 4.27. The second-order valence-corrected chi connectivity index (χ2v) is 2.51. The van der Waals surface area contributed by atoms with Crippen LogP contribution in [0.5, 0.6) is 0 Å². The van der Waals surface area contributed by atoms with E-state index >= 15 is 0 Å². The van der Waals surface area contributed by atoms with Gasteiger partial charge in [0.15, 0.2) is 0 Å². The minimum absolute atomic E-state index is 0. The first-order valence-electron chi connectivity index (χ1n) is 3.78. The van der Waals surface area contributed by atoms with Gasteiger partial charge in [0.2, 0.25) is 0 Å². The van der Waals surface area contributed by atoms with Crippen LogP contribution in [0.4, 0.5) is 0 Å². The summed E-state index contributed by atoms with van der Waals surface area (Å²) in [5, 5.41) is 0. The van der Waals surface area contributed by atoms with E-state index in [1.54, 1.807) is 0 Å². The fourth-order valence-corrected chi connectivity index (χ4v) is 0.807. The Labute approximate surface area is 90.6 Å². The molecular weight excluding hydrogens is 272 g/mol. The van der Waals surface area contributed by atoms with E-state index in [2.05, 4.69) is 6.92 Å². The highest BCUT2D eigenvalue weighted by Gasteiger charge is 1.92. The van der Waals surface area contributed by atoms with Gasteiger partial charge in [0.05, 0.1) is 6.17 Å². The minimum Gasteiger partial charge on any atom is -0.316 e. The van der Waals surface area contributed by atoms with Gasteiger partial charge in [-0.2, -0.15) is 0 Å². The largest absolute Gasteiger partial charge is 0.316 e. The van der Waals surface area contributed by atoms with Crippen molar-refractivity contribution in [1.29, 1.82) is 0 Å². The molecule has 0 aromatic rings. The van der Waals surface area contributed by atoms with Crippen molar-refractivity contribution in [1.82, 2.24) is 0 Å². The van der Waals surface area contributed by atoms with Crippen LogP contribution in [0, 0.1) is 0 Å². The molecule has 0 saturated heterocycles. The summed E-state index contributed by atoms with van der Waals surface area (Å²) in [6.45, 7) is 2.20. The zero-order valence-electron chi connectivity index (χ0n) is 7.08. The van der Waals surface area contributed by atoms with Crippen molar-refractivity contribution in [3.05, 3.63) is 0 Å². The number of unbranched alkanes of at least 4 members (excludes halogenated alkanes) is 3. The Kier molecular flexibility index (Phi) is 21.8. The fourth-order valence-electron chi connectivity index (χ4n) is 0.807. The maximum atomic E-state index is 5.35. The van der Waals surface area contributed by atoms with Crippen LogP contribution in [0.2, 0.25) is 0 Å². The summed E-state index contributed by atoms with van der Waals surface area (Å²) in [4.78, 5) is 0. The molecule has 0 rings (SSSR count). The monoisotopic (exact) mass is 290 g/mol. The molecular formula is C7H20Br2N2. The zero-order valence-corrected chi connectivity index (χ0v) is 10.5. The van der Waals surface area contributed by atoms with Crippen LogP contribution in [-0.2, 0) is 0 Å². The molecule has 2 nitrogen and oxygen atoms in total. The SMILES string of the molecule is Br.Br.CCCCCCC(N)N. The van der Waals surface area contributed by atoms with Gasteiger partial charge in [0.25, 0.3) is 0 Å². The van der Waals surface area contributed by atoms with Crippen molar-refractivity contribution in [3.8, 4) is 0 Å². The van der Waals surface area contributed by atoms with Crippen LogP contribution in [0.1, 0.15) is 39.0 Å². The molecule has 11 heavy (non-hydrogen) atoms. The first-order valence-corrected chi connectivity index (χ1v) is 3.78. The van der Waals surface area contributed by atoms with Crippen molar-refractivity contribution < 1.29 is 0 Å². The van der Waals surface area contributed by atoms with Crippen molar-refractivity contribution in [2.75, 3.05) is 0 Å². The number of nitrogens with two attached hydrogens (primary N) is 2. The molecule has 4 N–H and O–H groups in total. The highest BCUT2D eigenvalue weighted by molar-refractivity contribution is 8.93. The van der Waals surface area contributed by atoms with Crippen molar-refractivity contribution in [3.63, 3.8) is 0 Å².